The minimum atomic E-state index is 0.767. The van der Waals surface area contributed by atoms with Gasteiger partial charge >= 0.3 is 0 Å². The fourth-order valence-corrected chi connectivity index (χ4v) is 1.90. The molecule has 0 aromatic rings. The lowest BCUT2D eigenvalue weighted by Gasteiger charge is -2.29. The summed E-state index contributed by atoms with van der Waals surface area (Å²) in [7, 11) is 2.05. The third-order valence-electron chi connectivity index (χ3n) is 2.12. The fraction of sp³-hybridized carbons (Fsp3) is 1.00. The monoisotopic (exact) mass is 160 g/mol. The van der Waals surface area contributed by atoms with E-state index < -0.39 is 0 Å². The van der Waals surface area contributed by atoms with Crippen LogP contribution in [-0.2, 0) is 0 Å². The van der Waals surface area contributed by atoms with Crippen LogP contribution in [0.25, 0.3) is 0 Å². The molecular formula is C7H16N2S. The molecule has 3 heteroatoms. The molecule has 0 unspecified atom stereocenters. The first-order chi connectivity index (χ1) is 4.86. The van der Waals surface area contributed by atoms with E-state index in [2.05, 4.69) is 22.9 Å². The molecule has 1 aliphatic heterocycles. The van der Waals surface area contributed by atoms with Crippen molar-refractivity contribution in [3.8, 4) is 0 Å². The van der Waals surface area contributed by atoms with Gasteiger partial charge in [-0.1, -0.05) is 11.9 Å². The van der Waals surface area contributed by atoms with Crippen LogP contribution in [-0.4, -0.2) is 36.7 Å². The summed E-state index contributed by atoms with van der Waals surface area (Å²) in [4.78, 5) is 0. The maximum absolute atomic E-state index is 3.31. The zero-order valence-corrected chi connectivity index (χ0v) is 7.58. The highest BCUT2D eigenvalue weighted by Gasteiger charge is 2.15. The van der Waals surface area contributed by atoms with Gasteiger partial charge < -0.3 is 5.32 Å². The molecule has 1 N–H and O–H groups in total. The molecule has 0 amide bonds. The van der Waals surface area contributed by atoms with E-state index in [9.17, 15) is 0 Å². The van der Waals surface area contributed by atoms with Crippen LogP contribution in [0, 0.1) is 0 Å². The maximum Gasteiger partial charge on any atom is 0.0104 e. The Morgan fingerprint density at radius 1 is 1.40 bits per heavy atom. The minimum absolute atomic E-state index is 0.767. The van der Waals surface area contributed by atoms with E-state index >= 15 is 0 Å². The molecule has 0 atom stereocenters. The number of hydrogen-bond acceptors (Lipinski definition) is 3. The molecule has 0 radical (unpaired) electrons. The summed E-state index contributed by atoms with van der Waals surface area (Å²) >= 11 is 1.86. The van der Waals surface area contributed by atoms with Crippen LogP contribution >= 0.6 is 11.9 Å². The van der Waals surface area contributed by atoms with E-state index in [0.717, 1.165) is 6.04 Å². The predicted molar refractivity (Wildman–Crippen MR) is 47.2 cm³/mol. The van der Waals surface area contributed by atoms with Crippen LogP contribution in [0.2, 0.25) is 0 Å². The van der Waals surface area contributed by atoms with Gasteiger partial charge in [-0.05, 0) is 26.1 Å². The molecule has 0 aliphatic carbocycles. The summed E-state index contributed by atoms with van der Waals surface area (Å²) in [6.07, 6.45) is 4.76. The average Bonchev–Trinajstić information content (AvgIpc) is 2.05. The van der Waals surface area contributed by atoms with Crippen LogP contribution in [0.1, 0.15) is 12.8 Å². The molecule has 1 saturated heterocycles. The molecule has 0 spiro atoms. The number of hydrogen-bond donors (Lipinski definition) is 1. The summed E-state index contributed by atoms with van der Waals surface area (Å²) < 4.78 is 2.42. The lowest BCUT2D eigenvalue weighted by molar-refractivity contribution is 0.320. The first-order valence-corrected chi connectivity index (χ1v) is 5.01. The average molecular weight is 160 g/mol. The lowest BCUT2D eigenvalue weighted by Crippen LogP contribution is -2.37. The molecule has 10 heavy (non-hydrogen) atoms. The van der Waals surface area contributed by atoms with Crippen molar-refractivity contribution in [1.29, 1.82) is 0 Å². The Labute approximate surface area is 67.5 Å². The van der Waals surface area contributed by atoms with Gasteiger partial charge in [0.25, 0.3) is 0 Å². The third-order valence-corrected chi connectivity index (χ3v) is 3.00. The van der Waals surface area contributed by atoms with Crippen molar-refractivity contribution in [2.75, 3.05) is 26.4 Å². The van der Waals surface area contributed by atoms with Crippen LogP contribution in [0.3, 0.4) is 0 Å². The van der Waals surface area contributed by atoms with Crippen LogP contribution in [0.4, 0.5) is 0 Å². The molecule has 0 bridgehead atoms. The van der Waals surface area contributed by atoms with Crippen molar-refractivity contribution in [3.05, 3.63) is 0 Å². The quantitative estimate of drug-likeness (QED) is 0.605. The number of nitrogens with zero attached hydrogens (tertiary/aromatic N) is 1. The topological polar surface area (TPSA) is 15.3 Å². The Kier molecular flexibility index (Phi) is 3.52. The molecule has 1 aliphatic rings. The first kappa shape index (κ1) is 8.37. The summed E-state index contributed by atoms with van der Waals surface area (Å²) in [5.74, 6) is 0. The highest BCUT2D eigenvalue weighted by atomic mass is 32.2. The van der Waals surface area contributed by atoms with Gasteiger partial charge in [-0.3, -0.25) is 4.31 Å². The minimum Gasteiger partial charge on any atom is -0.317 e. The number of rotatable bonds is 2. The fourth-order valence-electron chi connectivity index (χ4n) is 1.33. The predicted octanol–water partition coefficient (Wildman–Crippen LogP) is 0.948. The van der Waals surface area contributed by atoms with Crippen molar-refractivity contribution in [1.82, 2.24) is 9.62 Å². The highest BCUT2D eigenvalue weighted by Crippen LogP contribution is 2.15. The van der Waals surface area contributed by atoms with Gasteiger partial charge in [-0.2, -0.15) is 0 Å². The van der Waals surface area contributed by atoms with Crippen molar-refractivity contribution in [2.24, 2.45) is 0 Å². The van der Waals surface area contributed by atoms with Crippen molar-refractivity contribution >= 4 is 11.9 Å². The Balaban J connectivity index is 2.17. The molecule has 1 heterocycles. The Morgan fingerprint density at radius 2 is 2.00 bits per heavy atom. The Bertz CT molecular complexity index is 77.6. The second kappa shape index (κ2) is 4.21. The van der Waals surface area contributed by atoms with Gasteiger partial charge in [-0.25, -0.2) is 0 Å². The van der Waals surface area contributed by atoms with Gasteiger partial charge in [0, 0.05) is 19.1 Å². The van der Waals surface area contributed by atoms with Gasteiger partial charge in [0.2, 0.25) is 0 Å². The van der Waals surface area contributed by atoms with Crippen molar-refractivity contribution in [3.63, 3.8) is 0 Å². The molecular weight excluding hydrogens is 144 g/mol. The summed E-state index contributed by atoms with van der Waals surface area (Å²) in [6.45, 7) is 2.49. The van der Waals surface area contributed by atoms with Crippen molar-refractivity contribution < 1.29 is 0 Å². The Hall–Kier alpha value is 0.270. The maximum atomic E-state index is 3.31. The zero-order valence-electron chi connectivity index (χ0n) is 6.76. The highest BCUT2D eigenvalue weighted by molar-refractivity contribution is 7.96. The zero-order chi connectivity index (χ0) is 7.40. The lowest BCUT2D eigenvalue weighted by atomic mass is 10.1. The molecule has 0 aromatic heterocycles. The van der Waals surface area contributed by atoms with E-state index in [1.165, 1.54) is 25.9 Å². The van der Waals surface area contributed by atoms with Gasteiger partial charge in [-0.15, -0.1) is 0 Å². The summed E-state index contributed by atoms with van der Waals surface area (Å²) in [6, 6.07) is 0.767. The van der Waals surface area contributed by atoms with Gasteiger partial charge in [0.1, 0.15) is 0 Å². The smallest absolute Gasteiger partial charge is 0.0104 e. The number of piperidine rings is 1. The van der Waals surface area contributed by atoms with E-state index in [-0.39, 0.29) is 0 Å². The normalized spacial score (nSPS) is 23.4. The molecule has 1 fully saturated rings. The van der Waals surface area contributed by atoms with E-state index in [0.29, 0.717) is 0 Å². The van der Waals surface area contributed by atoms with Gasteiger partial charge in [0.15, 0.2) is 0 Å². The largest absolute Gasteiger partial charge is 0.317 e. The second-order valence-corrected chi connectivity index (χ2v) is 3.56. The Morgan fingerprint density at radius 3 is 2.40 bits per heavy atom. The molecule has 0 saturated carbocycles. The summed E-state index contributed by atoms with van der Waals surface area (Å²) in [5, 5.41) is 3.31. The SMILES string of the molecule is CNC1CCN(SC)CC1. The van der Waals surface area contributed by atoms with E-state index in [1.807, 2.05) is 11.9 Å². The third kappa shape index (κ3) is 2.15. The van der Waals surface area contributed by atoms with E-state index in [1.54, 1.807) is 0 Å². The van der Waals surface area contributed by atoms with Gasteiger partial charge in [0.05, 0.1) is 0 Å². The summed E-state index contributed by atoms with van der Waals surface area (Å²) in [5.41, 5.74) is 0. The van der Waals surface area contributed by atoms with Crippen LogP contribution < -0.4 is 5.32 Å². The molecule has 60 valence electrons. The van der Waals surface area contributed by atoms with Crippen molar-refractivity contribution in [2.45, 2.75) is 18.9 Å². The van der Waals surface area contributed by atoms with E-state index in [4.69, 9.17) is 0 Å². The molecule has 0 aromatic carbocycles. The molecule has 1 rings (SSSR count). The van der Waals surface area contributed by atoms with Crippen LogP contribution in [0.5, 0.6) is 0 Å². The van der Waals surface area contributed by atoms with Crippen LogP contribution in [0.15, 0.2) is 0 Å². The molecule has 2 nitrogen and oxygen atoms in total. The standard InChI is InChI=1S/C7H16N2S/c1-8-7-3-5-9(10-2)6-4-7/h7-8H,3-6H2,1-2H3. The number of nitrogens with one attached hydrogen (secondary N) is 1. The first-order valence-electron chi connectivity index (χ1n) is 3.83. The second-order valence-electron chi connectivity index (χ2n) is 2.67.